The molecule has 1 aliphatic rings. The fourth-order valence-electron chi connectivity index (χ4n) is 3.01. The molecular formula is C18H14ClNO2. The molecule has 110 valence electrons. The van der Waals surface area contributed by atoms with Gasteiger partial charge in [-0.2, -0.15) is 0 Å². The summed E-state index contributed by atoms with van der Waals surface area (Å²) in [6.45, 7) is 1.21. The highest BCUT2D eigenvalue weighted by Crippen LogP contribution is 2.29. The van der Waals surface area contributed by atoms with E-state index in [0.717, 1.165) is 16.6 Å². The number of halogens is 1. The summed E-state index contributed by atoms with van der Waals surface area (Å²) in [4.78, 5) is 12.6. The molecule has 2 aromatic carbocycles. The SMILES string of the molecule is O=c1c2c(n(Cc3ccccc3)c3cc(Cl)ccc13)OCC2. The number of aromatic nitrogens is 1. The Morgan fingerprint density at radius 1 is 1.14 bits per heavy atom. The molecule has 4 heteroatoms. The molecule has 22 heavy (non-hydrogen) atoms. The van der Waals surface area contributed by atoms with Crippen LogP contribution in [-0.4, -0.2) is 11.2 Å². The van der Waals surface area contributed by atoms with Gasteiger partial charge >= 0.3 is 0 Å². The second kappa shape index (κ2) is 5.18. The number of benzene rings is 2. The number of rotatable bonds is 2. The lowest BCUT2D eigenvalue weighted by Gasteiger charge is -2.16. The maximum absolute atomic E-state index is 12.6. The van der Waals surface area contributed by atoms with Crippen molar-refractivity contribution >= 4 is 22.5 Å². The molecule has 3 aromatic rings. The lowest BCUT2D eigenvalue weighted by Crippen LogP contribution is -2.14. The first-order chi connectivity index (χ1) is 10.7. The van der Waals surface area contributed by atoms with E-state index < -0.39 is 0 Å². The normalized spacial score (nSPS) is 13.1. The third kappa shape index (κ3) is 2.09. The minimum Gasteiger partial charge on any atom is -0.478 e. The van der Waals surface area contributed by atoms with Crippen LogP contribution >= 0.6 is 11.6 Å². The summed E-state index contributed by atoms with van der Waals surface area (Å²) in [5.41, 5.74) is 2.81. The predicted molar refractivity (Wildman–Crippen MR) is 88.0 cm³/mol. The van der Waals surface area contributed by atoms with E-state index in [-0.39, 0.29) is 5.43 Å². The van der Waals surface area contributed by atoms with E-state index in [1.54, 1.807) is 12.1 Å². The molecule has 0 saturated heterocycles. The highest BCUT2D eigenvalue weighted by atomic mass is 35.5. The molecule has 0 bridgehead atoms. The van der Waals surface area contributed by atoms with Crippen LogP contribution < -0.4 is 10.2 Å². The van der Waals surface area contributed by atoms with Crippen molar-refractivity contribution in [2.24, 2.45) is 0 Å². The Morgan fingerprint density at radius 2 is 1.95 bits per heavy atom. The van der Waals surface area contributed by atoms with Gasteiger partial charge in [-0.1, -0.05) is 41.9 Å². The zero-order valence-electron chi connectivity index (χ0n) is 11.9. The molecule has 0 atom stereocenters. The van der Waals surface area contributed by atoms with Crippen LogP contribution in [0.15, 0.2) is 53.3 Å². The fraction of sp³-hybridized carbons (Fsp3) is 0.167. The third-order valence-electron chi connectivity index (χ3n) is 4.05. The summed E-state index contributed by atoms with van der Waals surface area (Å²) in [5.74, 6) is 0.684. The molecule has 1 aliphatic heterocycles. The summed E-state index contributed by atoms with van der Waals surface area (Å²) in [6, 6.07) is 15.5. The zero-order valence-corrected chi connectivity index (χ0v) is 12.6. The smallest absolute Gasteiger partial charge is 0.201 e. The molecule has 0 amide bonds. The van der Waals surface area contributed by atoms with Gasteiger partial charge in [0.1, 0.15) is 0 Å². The molecule has 2 heterocycles. The van der Waals surface area contributed by atoms with Crippen LogP contribution in [-0.2, 0) is 13.0 Å². The van der Waals surface area contributed by atoms with Crippen molar-refractivity contribution in [1.29, 1.82) is 0 Å². The molecule has 0 aliphatic carbocycles. The minimum absolute atomic E-state index is 0.0588. The molecule has 0 N–H and O–H groups in total. The van der Waals surface area contributed by atoms with E-state index in [2.05, 4.69) is 16.7 Å². The average Bonchev–Trinajstić information content (AvgIpc) is 3.02. The molecule has 0 fully saturated rings. The molecule has 0 radical (unpaired) electrons. The number of hydrogen-bond acceptors (Lipinski definition) is 2. The molecule has 4 rings (SSSR count). The monoisotopic (exact) mass is 311 g/mol. The topological polar surface area (TPSA) is 31.2 Å². The highest BCUT2D eigenvalue weighted by Gasteiger charge is 2.23. The lowest BCUT2D eigenvalue weighted by atomic mass is 10.1. The van der Waals surface area contributed by atoms with Gasteiger partial charge in [0, 0.05) is 16.8 Å². The van der Waals surface area contributed by atoms with Crippen molar-refractivity contribution in [3.63, 3.8) is 0 Å². The van der Waals surface area contributed by atoms with E-state index in [0.29, 0.717) is 35.9 Å². The van der Waals surface area contributed by atoms with Crippen molar-refractivity contribution in [2.75, 3.05) is 6.61 Å². The first-order valence-corrected chi connectivity index (χ1v) is 7.63. The Hall–Kier alpha value is -2.26. The number of ether oxygens (including phenoxy) is 1. The van der Waals surface area contributed by atoms with Gasteiger partial charge in [0.2, 0.25) is 5.88 Å². The second-order valence-electron chi connectivity index (χ2n) is 5.44. The summed E-state index contributed by atoms with van der Waals surface area (Å²) >= 11 is 6.14. The van der Waals surface area contributed by atoms with Crippen LogP contribution in [0.25, 0.3) is 10.9 Å². The first-order valence-electron chi connectivity index (χ1n) is 7.26. The predicted octanol–water partition coefficient (Wildman–Crippen LogP) is 3.64. The van der Waals surface area contributed by atoms with Crippen molar-refractivity contribution < 1.29 is 4.74 Å². The van der Waals surface area contributed by atoms with Gasteiger partial charge in [0.25, 0.3) is 0 Å². The van der Waals surface area contributed by atoms with Crippen molar-refractivity contribution in [1.82, 2.24) is 4.57 Å². The van der Waals surface area contributed by atoms with Gasteiger partial charge in [-0.3, -0.25) is 4.79 Å². The third-order valence-corrected chi connectivity index (χ3v) is 4.28. The largest absolute Gasteiger partial charge is 0.478 e. The molecule has 3 nitrogen and oxygen atoms in total. The molecule has 0 unspecified atom stereocenters. The summed E-state index contributed by atoms with van der Waals surface area (Å²) < 4.78 is 7.81. The number of nitrogens with zero attached hydrogens (tertiary/aromatic N) is 1. The van der Waals surface area contributed by atoms with Crippen LogP contribution in [0.5, 0.6) is 5.88 Å². The van der Waals surface area contributed by atoms with Gasteiger partial charge < -0.3 is 9.30 Å². The molecule has 0 spiro atoms. The van der Waals surface area contributed by atoms with Gasteiger partial charge in [-0.25, -0.2) is 0 Å². The number of hydrogen-bond donors (Lipinski definition) is 0. The number of pyridine rings is 1. The second-order valence-corrected chi connectivity index (χ2v) is 5.88. The number of fused-ring (bicyclic) bond motifs is 2. The average molecular weight is 312 g/mol. The molecule has 0 saturated carbocycles. The maximum atomic E-state index is 12.6. The van der Waals surface area contributed by atoms with E-state index in [1.807, 2.05) is 24.3 Å². The van der Waals surface area contributed by atoms with Crippen LogP contribution in [0.3, 0.4) is 0 Å². The molecule has 1 aromatic heterocycles. The van der Waals surface area contributed by atoms with Crippen molar-refractivity contribution in [3.05, 3.63) is 74.9 Å². The Labute approximate surface area is 132 Å². The molecular weight excluding hydrogens is 298 g/mol. The Bertz CT molecular complexity index is 916. The van der Waals surface area contributed by atoms with E-state index in [4.69, 9.17) is 16.3 Å². The fourth-order valence-corrected chi connectivity index (χ4v) is 3.18. The van der Waals surface area contributed by atoms with E-state index >= 15 is 0 Å². The standard InChI is InChI=1S/C18H14ClNO2/c19-13-6-7-14-16(10-13)20(11-12-4-2-1-3-5-12)18-15(17(14)21)8-9-22-18/h1-7,10H,8-9,11H2. The Kier molecular flexibility index (Phi) is 3.16. The summed E-state index contributed by atoms with van der Waals surface area (Å²) in [5, 5.41) is 1.32. The Morgan fingerprint density at radius 3 is 2.77 bits per heavy atom. The van der Waals surface area contributed by atoms with Gasteiger partial charge in [0.15, 0.2) is 5.43 Å². The zero-order chi connectivity index (χ0) is 15.1. The van der Waals surface area contributed by atoms with E-state index in [1.165, 1.54) is 0 Å². The van der Waals surface area contributed by atoms with Gasteiger partial charge in [-0.15, -0.1) is 0 Å². The maximum Gasteiger partial charge on any atom is 0.201 e. The van der Waals surface area contributed by atoms with Crippen LogP contribution in [0.1, 0.15) is 11.1 Å². The lowest BCUT2D eigenvalue weighted by molar-refractivity contribution is 0.330. The van der Waals surface area contributed by atoms with Crippen molar-refractivity contribution in [2.45, 2.75) is 13.0 Å². The summed E-state index contributed by atoms with van der Waals surface area (Å²) in [6.07, 6.45) is 0.668. The van der Waals surface area contributed by atoms with Gasteiger partial charge in [-0.05, 0) is 23.8 Å². The minimum atomic E-state index is 0.0588. The first kappa shape index (κ1) is 13.4. The van der Waals surface area contributed by atoms with Crippen LogP contribution in [0.4, 0.5) is 0 Å². The summed E-state index contributed by atoms with van der Waals surface area (Å²) in [7, 11) is 0. The van der Waals surface area contributed by atoms with Crippen LogP contribution in [0.2, 0.25) is 5.02 Å². The van der Waals surface area contributed by atoms with Crippen LogP contribution in [0, 0.1) is 0 Å². The van der Waals surface area contributed by atoms with Crippen molar-refractivity contribution in [3.8, 4) is 5.88 Å². The highest BCUT2D eigenvalue weighted by molar-refractivity contribution is 6.31. The Balaban J connectivity index is 2.01. The van der Waals surface area contributed by atoms with E-state index in [9.17, 15) is 4.79 Å². The quantitative estimate of drug-likeness (QED) is 0.723. The van der Waals surface area contributed by atoms with Gasteiger partial charge in [0.05, 0.1) is 24.2 Å².